The van der Waals surface area contributed by atoms with E-state index >= 15 is 0 Å². The number of carbonyl (C=O) groups is 2. The molecule has 2 fully saturated rings. The first-order chi connectivity index (χ1) is 10.7. The Hall–Kier alpha value is -1.88. The summed E-state index contributed by atoms with van der Waals surface area (Å²) in [5.41, 5.74) is 1.32. The molecule has 0 spiro atoms. The van der Waals surface area contributed by atoms with Crippen molar-refractivity contribution in [2.45, 2.75) is 19.4 Å². The average molecular weight is 301 g/mol. The first kappa shape index (κ1) is 15.0. The molecule has 0 aromatic heterocycles. The van der Waals surface area contributed by atoms with E-state index in [2.05, 4.69) is 34.5 Å². The van der Waals surface area contributed by atoms with Crippen LogP contribution in [0.2, 0.25) is 0 Å². The Bertz CT molecular complexity index is 514. The first-order valence-corrected chi connectivity index (χ1v) is 8.04. The molecule has 2 aliphatic heterocycles. The smallest absolute Gasteiger partial charge is 0.227 e. The molecule has 2 aliphatic rings. The Morgan fingerprint density at radius 2 is 1.86 bits per heavy atom. The van der Waals surface area contributed by atoms with Gasteiger partial charge < -0.3 is 10.2 Å². The summed E-state index contributed by atoms with van der Waals surface area (Å²) in [6.45, 7) is 4.86. The highest BCUT2D eigenvalue weighted by Gasteiger charge is 2.30. The van der Waals surface area contributed by atoms with Crippen molar-refractivity contribution >= 4 is 11.8 Å². The Morgan fingerprint density at radius 3 is 2.50 bits per heavy atom. The summed E-state index contributed by atoms with van der Waals surface area (Å²) in [5.74, 6) is 0.245. The summed E-state index contributed by atoms with van der Waals surface area (Å²) in [7, 11) is 0. The summed E-state index contributed by atoms with van der Waals surface area (Å²) in [6, 6.07) is 10.4. The molecule has 2 amide bonds. The fourth-order valence-corrected chi connectivity index (χ4v) is 3.17. The van der Waals surface area contributed by atoms with E-state index < -0.39 is 0 Å². The van der Waals surface area contributed by atoms with Crippen LogP contribution in [0.3, 0.4) is 0 Å². The minimum atomic E-state index is -0.0293. The minimum absolute atomic E-state index is 0.0293. The van der Waals surface area contributed by atoms with Crippen molar-refractivity contribution in [3.8, 4) is 0 Å². The third-order valence-electron chi connectivity index (χ3n) is 4.55. The zero-order valence-corrected chi connectivity index (χ0v) is 12.8. The molecule has 2 saturated heterocycles. The Balaban J connectivity index is 1.47. The molecule has 0 aliphatic carbocycles. The number of rotatable bonds is 3. The molecule has 2 heterocycles. The van der Waals surface area contributed by atoms with Crippen LogP contribution < -0.4 is 5.32 Å². The van der Waals surface area contributed by atoms with Gasteiger partial charge in [-0.05, 0) is 12.0 Å². The van der Waals surface area contributed by atoms with Gasteiger partial charge in [0.1, 0.15) is 0 Å². The van der Waals surface area contributed by atoms with Crippen molar-refractivity contribution < 1.29 is 9.59 Å². The molecule has 0 bridgehead atoms. The number of nitrogens with zero attached hydrogens (tertiary/aromatic N) is 2. The Labute approximate surface area is 131 Å². The van der Waals surface area contributed by atoms with Gasteiger partial charge in [-0.1, -0.05) is 30.3 Å². The molecule has 0 radical (unpaired) electrons. The number of piperazine rings is 1. The Morgan fingerprint density at radius 1 is 1.14 bits per heavy atom. The second-order valence-corrected chi connectivity index (χ2v) is 6.13. The van der Waals surface area contributed by atoms with Gasteiger partial charge in [0.05, 0.1) is 5.92 Å². The molecule has 3 rings (SSSR count). The number of nitrogens with one attached hydrogen (secondary N) is 1. The largest absolute Gasteiger partial charge is 0.355 e. The predicted molar refractivity (Wildman–Crippen MR) is 84.0 cm³/mol. The standard InChI is InChI=1S/C17H23N3O2/c21-16-7-6-15(12-18-16)17(22)20-10-8-19(9-11-20)13-14-4-2-1-3-5-14/h1-5,15H,6-13H2,(H,18,21). The van der Waals surface area contributed by atoms with Crippen molar-refractivity contribution in [3.05, 3.63) is 35.9 Å². The molecule has 0 saturated carbocycles. The van der Waals surface area contributed by atoms with Gasteiger partial charge in [-0.2, -0.15) is 0 Å². The van der Waals surface area contributed by atoms with Crippen molar-refractivity contribution in [1.82, 2.24) is 15.1 Å². The fourth-order valence-electron chi connectivity index (χ4n) is 3.17. The van der Waals surface area contributed by atoms with E-state index in [1.165, 1.54) is 5.56 Å². The highest BCUT2D eigenvalue weighted by molar-refractivity contribution is 5.83. The van der Waals surface area contributed by atoms with Crippen LogP contribution in [0.5, 0.6) is 0 Å². The molecule has 5 nitrogen and oxygen atoms in total. The van der Waals surface area contributed by atoms with Gasteiger partial charge in [-0.15, -0.1) is 0 Å². The zero-order valence-electron chi connectivity index (χ0n) is 12.8. The van der Waals surface area contributed by atoms with Gasteiger partial charge in [0, 0.05) is 45.7 Å². The molecule has 22 heavy (non-hydrogen) atoms. The lowest BCUT2D eigenvalue weighted by molar-refractivity contribution is -0.139. The molecule has 1 aromatic carbocycles. The van der Waals surface area contributed by atoms with E-state index in [0.717, 1.165) is 32.7 Å². The summed E-state index contributed by atoms with van der Waals surface area (Å²) in [6.07, 6.45) is 1.17. The maximum absolute atomic E-state index is 12.5. The molecule has 1 aromatic rings. The van der Waals surface area contributed by atoms with Crippen LogP contribution >= 0.6 is 0 Å². The fraction of sp³-hybridized carbons (Fsp3) is 0.529. The van der Waals surface area contributed by atoms with Crippen molar-refractivity contribution in [2.24, 2.45) is 5.92 Å². The normalized spacial score (nSPS) is 23.2. The maximum atomic E-state index is 12.5. The second kappa shape index (κ2) is 6.92. The minimum Gasteiger partial charge on any atom is -0.355 e. The first-order valence-electron chi connectivity index (χ1n) is 8.04. The van der Waals surface area contributed by atoms with Crippen LogP contribution in [0.1, 0.15) is 18.4 Å². The average Bonchev–Trinajstić information content (AvgIpc) is 2.57. The SMILES string of the molecule is O=C1CCC(C(=O)N2CCN(Cc3ccccc3)CC2)CN1. The molecule has 1 N–H and O–H groups in total. The van der Waals surface area contributed by atoms with Crippen molar-refractivity contribution in [3.63, 3.8) is 0 Å². The molecule has 1 unspecified atom stereocenters. The van der Waals surface area contributed by atoms with Crippen LogP contribution in [-0.4, -0.2) is 54.3 Å². The molecular weight excluding hydrogens is 278 g/mol. The van der Waals surface area contributed by atoms with E-state index in [1.54, 1.807) is 0 Å². The van der Waals surface area contributed by atoms with Gasteiger partial charge >= 0.3 is 0 Å². The van der Waals surface area contributed by atoms with Gasteiger partial charge in [0.15, 0.2) is 0 Å². The lowest BCUT2D eigenvalue weighted by atomic mass is 9.97. The number of carbonyl (C=O) groups excluding carboxylic acids is 2. The van der Waals surface area contributed by atoms with Crippen LogP contribution in [0.4, 0.5) is 0 Å². The van der Waals surface area contributed by atoms with Crippen LogP contribution in [0.25, 0.3) is 0 Å². The van der Waals surface area contributed by atoms with E-state index in [4.69, 9.17) is 0 Å². The van der Waals surface area contributed by atoms with E-state index in [1.807, 2.05) is 11.0 Å². The third kappa shape index (κ3) is 3.65. The van der Waals surface area contributed by atoms with E-state index in [-0.39, 0.29) is 17.7 Å². The summed E-state index contributed by atoms with van der Waals surface area (Å²) in [5, 5.41) is 2.80. The van der Waals surface area contributed by atoms with Gasteiger partial charge in [-0.3, -0.25) is 14.5 Å². The molecule has 1 atom stereocenters. The zero-order chi connectivity index (χ0) is 15.4. The van der Waals surface area contributed by atoms with Crippen LogP contribution in [0, 0.1) is 5.92 Å². The van der Waals surface area contributed by atoms with Crippen molar-refractivity contribution in [2.75, 3.05) is 32.7 Å². The molecular formula is C17H23N3O2. The second-order valence-electron chi connectivity index (χ2n) is 6.13. The topological polar surface area (TPSA) is 52.7 Å². The van der Waals surface area contributed by atoms with Gasteiger partial charge in [-0.25, -0.2) is 0 Å². The Kier molecular flexibility index (Phi) is 4.73. The van der Waals surface area contributed by atoms with Gasteiger partial charge in [0.2, 0.25) is 11.8 Å². The van der Waals surface area contributed by atoms with Crippen molar-refractivity contribution in [1.29, 1.82) is 0 Å². The number of piperidine rings is 1. The number of hydrogen-bond donors (Lipinski definition) is 1. The van der Waals surface area contributed by atoms with E-state index in [0.29, 0.717) is 19.4 Å². The predicted octanol–water partition coefficient (Wildman–Crippen LogP) is 0.857. The maximum Gasteiger partial charge on any atom is 0.227 e. The summed E-state index contributed by atoms with van der Waals surface area (Å²) >= 11 is 0. The number of amides is 2. The summed E-state index contributed by atoms with van der Waals surface area (Å²) < 4.78 is 0. The molecule has 118 valence electrons. The molecule has 5 heteroatoms. The number of hydrogen-bond acceptors (Lipinski definition) is 3. The highest BCUT2D eigenvalue weighted by atomic mass is 16.2. The third-order valence-corrected chi connectivity index (χ3v) is 4.55. The van der Waals surface area contributed by atoms with Crippen LogP contribution in [0.15, 0.2) is 30.3 Å². The van der Waals surface area contributed by atoms with E-state index in [9.17, 15) is 9.59 Å². The summed E-state index contributed by atoms with van der Waals surface area (Å²) in [4.78, 5) is 28.0. The van der Waals surface area contributed by atoms with Crippen LogP contribution in [-0.2, 0) is 16.1 Å². The lowest BCUT2D eigenvalue weighted by Gasteiger charge is -2.37. The lowest BCUT2D eigenvalue weighted by Crippen LogP contribution is -2.52. The monoisotopic (exact) mass is 301 g/mol. The van der Waals surface area contributed by atoms with Gasteiger partial charge in [0.25, 0.3) is 0 Å². The quantitative estimate of drug-likeness (QED) is 0.901. The highest BCUT2D eigenvalue weighted by Crippen LogP contribution is 2.16. The number of benzene rings is 1.